The van der Waals surface area contributed by atoms with Crippen molar-refractivity contribution in [3.05, 3.63) is 59.7 Å². The zero-order valence-corrected chi connectivity index (χ0v) is 14.4. The maximum absolute atomic E-state index is 6.07. The maximum atomic E-state index is 6.07. The summed E-state index contributed by atoms with van der Waals surface area (Å²) in [5.41, 5.74) is 7.96. The first-order valence-electron chi connectivity index (χ1n) is 8.68. The monoisotopic (exact) mass is 354 g/mol. The quantitative estimate of drug-likeness (QED) is 0.667. The van der Waals surface area contributed by atoms with Crippen LogP contribution in [0.1, 0.15) is 23.5 Å². The fourth-order valence-corrected chi connectivity index (χ4v) is 3.10. The third-order valence-electron chi connectivity index (χ3n) is 4.30. The van der Waals surface area contributed by atoms with E-state index in [1.807, 2.05) is 48.5 Å². The van der Waals surface area contributed by atoms with Crippen molar-refractivity contribution >= 4 is 5.96 Å². The highest BCUT2D eigenvalue weighted by Crippen LogP contribution is 2.32. The summed E-state index contributed by atoms with van der Waals surface area (Å²) in [4.78, 5) is 4.51. The highest BCUT2D eigenvalue weighted by Gasteiger charge is 2.27. The van der Waals surface area contributed by atoms with Crippen LogP contribution in [0.3, 0.4) is 0 Å². The minimum atomic E-state index is -0.325. The average molecular weight is 354 g/mol. The molecule has 2 heterocycles. The molecule has 0 radical (unpaired) electrons. The van der Waals surface area contributed by atoms with Gasteiger partial charge in [-0.1, -0.05) is 36.4 Å². The zero-order chi connectivity index (χ0) is 17.8. The Hall–Kier alpha value is -2.77. The summed E-state index contributed by atoms with van der Waals surface area (Å²) in [5.74, 6) is 1.93. The molecule has 2 atom stereocenters. The van der Waals surface area contributed by atoms with Crippen molar-refractivity contribution in [2.45, 2.75) is 12.3 Å². The van der Waals surface area contributed by atoms with Gasteiger partial charge in [-0.3, -0.25) is 5.32 Å². The molecule has 7 heteroatoms. The second-order valence-corrected chi connectivity index (χ2v) is 6.05. The lowest BCUT2D eigenvalue weighted by Crippen LogP contribution is -2.48. The van der Waals surface area contributed by atoms with E-state index in [0.717, 1.165) is 22.6 Å². The van der Waals surface area contributed by atoms with Gasteiger partial charge in [0.1, 0.15) is 37.0 Å². The Morgan fingerprint density at radius 3 is 2.19 bits per heavy atom. The third kappa shape index (κ3) is 3.58. The Morgan fingerprint density at radius 1 is 0.846 bits per heavy atom. The molecule has 4 rings (SSSR count). The molecule has 0 saturated carbocycles. The Kier molecular flexibility index (Phi) is 4.90. The van der Waals surface area contributed by atoms with E-state index in [-0.39, 0.29) is 12.3 Å². The topological polar surface area (TPSA) is 90.1 Å². The lowest BCUT2D eigenvalue weighted by Gasteiger charge is -2.32. The smallest absolute Gasteiger partial charge is 0.192 e. The van der Waals surface area contributed by atoms with Crippen molar-refractivity contribution in [3.63, 3.8) is 0 Å². The van der Waals surface area contributed by atoms with Crippen LogP contribution in [0.2, 0.25) is 0 Å². The first-order chi connectivity index (χ1) is 12.8. The summed E-state index contributed by atoms with van der Waals surface area (Å²) in [5, 5.41) is 6.66. The number of guanidine groups is 1. The van der Waals surface area contributed by atoms with Crippen LogP contribution in [0.5, 0.6) is 11.5 Å². The van der Waals surface area contributed by atoms with Crippen LogP contribution in [0, 0.1) is 0 Å². The molecule has 0 aliphatic carbocycles. The highest BCUT2D eigenvalue weighted by atomic mass is 16.5. The number of rotatable bonds is 0. The van der Waals surface area contributed by atoms with E-state index in [0.29, 0.717) is 32.4 Å². The Balaban J connectivity index is 1.72. The predicted molar refractivity (Wildman–Crippen MR) is 98.1 cm³/mol. The van der Waals surface area contributed by atoms with Gasteiger partial charge in [-0.25, -0.2) is 4.99 Å². The van der Waals surface area contributed by atoms with E-state index in [2.05, 4.69) is 15.6 Å². The Bertz CT molecular complexity index is 796. The molecule has 2 aromatic carbocycles. The number of nitrogens with two attached hydrogens (primary N) is 1. The van der Waals surface area contributed by atoms with Gasteiger partial charge in [-0.05, 0) is 12.1 Å². The molecule has 0 spiro atoms. The molecule has 136 valence electrons. The van der Waals surface area contributed by atoms with Gasteiger partial charge >= 0.3 is 0 Å². The minimum absolute atomic E-state index is 0.231. The van der Waals surface area contributed by atoms with Crippen LogP contribution in [-0.4, -0.2) is 32.4 Å². The van der Waals surface area contributed by atoms with Crippen LogP contribution in [0.15, 0.2) is 53.5 Å². The number of fused-ring (bicyclic) bond motifs is 6. The van der Waals surface area contributed by atoms with Gasteiger partial charge in [0.05, 0.1) is 13.2 Å². The third-order valence-corrected chi connectivity index (χ3v) is 4.30. The minimum Gasteiger partial charge on any atom is -0.491 e. The summed E-state index contributed by atoms with van der Waals surface area (Å²) in [7, 11) is 0. The lowest BCUT2D eigenvalue weighted by atomic mass is 10.1. The van der Waals surface area contributed by atoms with Crippen molar-refractivity contribution in [1.29, 1.82) is 0 Å². The second kappa shape index (κ2) is 7.63. The van der Waals surface area contributed by atoms with E-state index >= 15 is 0 Å². The number of para-hydroxylation sites is 2. The fraction of sp³-hybridized carbons (Fsp3) is 0.316. The van der Waals surface area contributed by atoms with Crippen LogP contribution < -0.4 is 25.8 Å². The molecule has 2 bridgehead atoms. The van der Waals surface area contributed by atoms with Gasteiger partial charge in [0.25, 0.3) is 0 Å². The number of ether oxygens (including phenoxy) is 3. The van der Waals surface area contributed by atoms with Crippen molar-refractivity contribution in [2.24, 2.45) is 10.7 Å². The summed E-state index contributed by atoms with van der Waals surface area (Å²) in [6.45, 7) is 1.92. The van der Waals surface area contributed by atoms with Crippen molar-refractivity contribution in [3.8, 4) is 11.5 Å². The van der Waals surface area contributed by atoms with Gasteiger partial charge in [-0.2, -0.15) is 0 Å². The summed E-state index contributed by atoms with van der Waals surface area (Å²) in [6, 6.07) is 15.7. The van der Waals surface area contributed by atoms with Crippen LogP contribution >= 0.6 is 0 Å². The largest absolute Gasteiger partial charge is 0.491 e. The van der Waals surface area contributed by atoms with Gasteiger partial charge < -0.3 is 25.3 Å². The first kappa shape index (κ1) is 16.7. The average Bonchev–Trinajstić information content (AvgIpc) is 2.67. The number of nitrogens with zero attached hydrogens (tertiary/aromatic N) is 1. The van der Waals surface area contributed by atoms with Crippen molar-refractivity contribution in [2.75, 3.05) is 26.4 Å². The van der Waals surface area contributed by atoms with E-state index in [1.54, 1.807) is 0 Å². The molecule has 2 unspecified atom stereocenters. The fourth-order valence-electron chi connectivity index (χ4n) is 3.10. The summed E-state index contributed by atoms with van der Waals surface area (Å²) >= 11 is 0. The first-order valence-corrected chi connectivity index (χ1v) is 8.68. The molecule has 2 aromatic rings. The SMILES string of the molecule is NC1=NC2NC(N1)c1ccccc1OCCOCCOc1ccccc12. The van der Waals surface area contributed by atoms with Crippen LogP contribution in [0.4, 0.5) is 0 Å². The molecule has 0 amide bonds. The molecule has 0 saturated heterocycles. The molecule has 4 N–H and O–H groups in total. The van der Waals surface area contributed by atoms with E-state index in [4.69, 9.17) is 19.9 Å². The van der Waals surface area contributed by atoms with Gasteiger partial charge in [0.2, 0.25) is 0 Å². The van der Waals surface area contributed by atoms with Crippen LogP contribution in [0.25, 0.3) is 0 Å². The molecule has 2 aliphatic rings. The van der Waals surface area contributed by atoms with Crippen LogP contribution in [-0.2, 0) is 4.74 Å². The van der Waals surface area contributed by atoms with E-state index in [1.165, 1.54) is 0 Å². The number of aliphatic imine (C=N–C) groups is 1. The maximum Gasteiger partial charge on any atom is 0.192 e. The second-order valence-electron chi connectivity index (χ2n) is 6.05. The van der Waals surface area contributed by atoms with Gasteiger partial charge in [-0.15, -0.1) is 0 Å². The zero-order valence-electron chi connectivity index (χ0n) is 14.4. The number of hydrogen-bond acceptors (Lipinski definition) is 7. The normalized spacial score (nSPS) is 23.0. The molecule has 0 aromatic heterocycles. The molecular formula is C19H22N4O3. The van der Waals surface area contributed by atoms with Gasteiger partial charge in [0, 0.05) is 11.1 Å². The number of hydrogen-bond donors (Lipinski definition) is 3. The standard InChI is InChI=1S/C19H22N4O3/c20-19-22-17-13-5-1-3-7-15(13)25-11-9-24-10-12-26-16-8-4-2-6-14(16)18(21-17)23-19/h1-8,17-18,21H,9-12H2,(H3,20,22,23). The molecule has 26 heavy (non-hydrogen) atoms. The van der Waals surface area contributed by atoms with E-state index < -0.39 is 0 Å². The highest BCUT2D eigenvalue weighted by molar-refractivity contribution is 5.79. The van der Waals surface area contributed by atoms with Crippen molar-refractivity contribution < 1.29 is 14.2 Å². The predicted octanol–water partition coefficient (Wildman–Crippen LogP) is 1.68. The van der Waals surface area contributed by atoms with Gasteiger partial charge in [0.15, 0.2) is 5.96 Å². The van der Waals surface area contributed by atoms with E-state index in [9.17, 15) is 0 Å². The Labute approximate surface area is 152 Å². The summed E-state index contributed by atoms with van der Waals surface area (Å²) < 4.78 is 17.4. The van der Waals surface area contributed by atoms with Crippen molar-refractivity contribution in [1.82, 2.24) is 10.6 Å². The molecule has 0 fully saturated rings. The molecular weight excluding hydrogens is 332 g/mol. The number of nitrogens with one attached hydrogen (secondary N) is 2. The molecule has 7 nitrogen and oxygen atoms in total. The number of benzene rings is 2. The lowest BCUT2D eigenvalue weighted by molar-refractivity contribution is 0.0751. The molecule has 2 aliphatic heterocycles. The Morgan fingerprint density at radius 2 is 1.46 bits per heavy atom. The summed E-state index contributed by atoms with van der Waals surface area (Å²) in [6.07, 6.45) is -0.556.